The number of aliphatic hydroxyl groups is 1. The summed E-state index contributed by atoms with van der Waals surface area (Å²) >= 11 is 3.36. The Bertz CT molecular complexity index is 519. The van der Waals surface area contributed by atoms with Crippen LogP contribution in [0.2, 0.25) is 0 Å². The van der Waals surface area contributed by atoms with Gasteiger partial charge in [-0.3, -0.25) is 4.79 Å². The predicted molar refractivity (Wildman–Crippen MR) is 82.0 cm³/mol. The van der Waals surface area contributed by atoms with Gasteiger partial charge < -0.3 is 20.8 Å². The number of hydrogen-bond donors (Lipinski definition) is 4. The molecule has 0 aliphatic carbocycles. The summed E-state index contributed by atoms with van der Waals surface area (Å²) in [7, 11) is 0. The monoisotopic (exact) mass is 358 g/mol. The number of rotatable bonds is 6. The van der Waals surface area contributed by atoms with Gasteiger partial charge in [-0.05, 0) is 31.5 Å². The largest absolute Gasteiger partial charge is 0.481 e. The molecule has 2 amide bonds. The molecule has 7 heteroatoms. The summed E-state index contributed by atoms with van der Waals surface area (Å²) in [5.41, 5.74) is -0.556. The number of benzene rings is 1. The molecule has 0 radical (unpaired) electrons. The Balaban J connectivity index is 2.48. The number of nitrogens with one attached hydrogen (secondary N) is 2. The second-order valence-electron chi connectivity index (χ2n) is 5.17. The van der Waals surface area contributed by atoms with Gasteiger partial charge in [0.05, 0.1) is 18.1 Å². The first kappa shape index (κ1) is 17.5. The molecule has 116 valence electrons. The van der Waals surface area contributed by atoms with Gasteiger partial charge in [-0.1, -0.05) is 28.1 Å². The molecule has 0 fully saturated rings. The third-order valence-corrected chi connectivity index (χ3v) is 3.35. The van der Waals surface area contributed by atoms with E-state index in [0.717, 1.165) is 10.0 Å². The van der Waals surface area contributed by atoms with Gasteiger partial charge in [0.25, 0.3) is 0 Å². The van der Waals surface area contributed by atoms with Crippen LogP contribution in [0.25, 0.3) is 0 Å². The van der Waals surface area contributed by atoms with Crippen LogP contribution >= 0.6 is 15.9 Å². The van der Waals surface area contributed by atoms with Crippen LogP contribution in [0.1, 0.15) is 31.9 Å². The zero-order valence-corrected chi connectivity index (χ0v) is 13.5. The minimum Gasteiger partial charge on any atom is -0.481 e. The molecule has 1 aromatic rings. The number of hydrogen-bond acceptors (Lipinski definition) is 3. The fourth-order valence-electron chi connectivity index (χ4n) is 1.77. The normalized spacial score (nSPS) is 14.9. The molecule has 2 atom stereocenters. The van der Waals surface area contributed by atoms with Crippen molar-refractivity contribution in [2.24, 2.45) is 0 Å². The van der Waals surface area contributed by atoms with Crippen molar-refractivity contribution in [3.05, 3.63) is 34.3 Å². The van der Waals surface area contributed by atoms with E-state index in [1.54, 1.807) is 0 Å². The lowest BCUT2D eigenvalue weighted by atomic mass is 10.0. The minimum absolute atomic E-state index is 0.143. The topological polar surface area (TPSA) is 98.7 Å². The number of aliphatic carboxylic acids is 1. The van der Waals surface area contributed by atoms with Crippen molar-refractivity contribution in [3.63, 3.8) is 0 Å². The van der Waals surface area contributed by atoms with Gasteiger partial charge in [0, 0.05) is 11.0 Å². The fraction of sp³-hybridized carbons (Fsp3) is 0.429. The van der Waals surface area contributed by atoms with Gasteiger partial charge in [-0.2, -0.15) is 0 Å². The quantitative estimate of drug-likeness (QED) is 0.625. The second-order valence-corrected chi connectivity index (χ2v) is 6.09. The van der Waals surface area contributed by atoms with Crippen molar-refractivity contribution in [3.8, 4) is 0 Å². The first-order chi connectivity index (χ1) is 9.69. The molecule has 6 nitrogen and oxygen atoms in total. The van der Waals surface area contributed by atoms with Crippen LogP contribution < -0.4 is 10.6 Å². The van der Waals surface area contributed by atoms with Crippen molar-refractivity contribution in [2.45, 2.75) is 31.9 Å². The SMILES string of the molecule is CC(NC(=O)NCC(C)(O)CC(=O)O)c1cccc(Br)c1. The maximum absolute atomic E-state index is 11.8. The Morgan fingerprint density at radius 3 is 2.67 bits per heavy atom. The minimum atomic E-state index is -1.48. The zero-order valence-electron chi connectivity index (χ0n) is 11.9. The highest BCUT2D eigenvalue weighted by atomic mass is 79.9. The van der Waals surface area contributed by atoms with E-state index in [2.05, 4.69) is 26.6 Å². The Morgan fingerprint density at radius 2 is 2.10 bits per heavy atom. The lowest BCUT2D eigenvalue weighted by molar-refractivity contribution is -0.141. The molecule has 0 aliphatic rings. The average Bonchev–Trinajstić information content (AvgIpc) is 2.35. The molecular formula is C14H19BrN2O4. The second kappa shape index (κ2) is 7.42. The lowest BCUT2D eigenvalue weighted by Crippen LogP contribution is -2.46. The lowest BCUT2D eigenvalue weighted by Gasteiger charge is -2.22. The molecule has 0 aromatic heterocycles. The van der Waals surface area contributed by atoms with Crippen LogP contribution in [-0.4, -0.2) is 34.4 Å². The van der Waals surface area contributed by atoms with Crippen LogP contribution in [0.3, 0.4) is 0 Å². The molecule has 0 saturated carbocycles. The molecule has 21 heavy (non-hydrogen) atoms. The first-order valence-corrected chi connectivity index (χ1v) is 7.23. The molecule has 2 unspecified atom stereocenters. The van der Waals surface area contributed by atoms with E-state index in [1.165, 1.54) is 6.92 Å². The maximum Gasteiger partial charge on any atom is 0.315 e. The van der Waals surface area contributed by atoms with Crippen LogP contribution in [0.5, 0.6) is 0 Å². The summed E-state index contributed by atoms with van der Waals surface area (Å²) in [6.07, 6.45) is -0.436. The molecule has 0 aliphatic heterocycles. The average molecular weight is 359 g/mol. The number of carboxylic acids is 1. The van der Waals surface area contributed by atoms with Crippen LogP contribution in [-0.2, 0) is 4.79 Å². The Kier molecular flexibility index (Phi) is 6.17. The predicted octanol–water partition coefficient (Wildman–Crippen LogP) is 2.03. The zero-order chi connectivity index (χ0) is 16.0. The standard InChI is InChI=1S/C14H19BrN2O4/c1-9(10-4-3-5-11(15)6-10)17-13(20)16-8-14(2,21)7-12(18)19/h3-6,9,21H,7-8H2,1-2H3,(H,18,19)(H2,16,17,20). The van der Waals surface area contributed by atoms with Crippen LogP contribution in [0.15, 0.2) is 28.7 Å². The van der Waals surface area contributed by atoms with E-state index in [4.69, 9.17) is 5.11 Å². The summed E-state index contributed by atoms with van der Waals surface area (Å²) in [5.74, 6) is -1.12. The first-order valence-electron chi connectivity index (χ1n) is 6.43. The van der Waals surface area contributed by atoms with Crippen molar-refractivity contribution in [1.82, 2.24) is 10.6 Å². The Labute approximate surface area is 131 Å². The molecule has 0 saturated heterocycles. The Hall–Kier alpha value is -1.60. The number of halogens is 1. The van der Waals surface area contributed by atoms with E-state index in [-0.39, 0.29) is 12.6 Å². The molecule has 0 bridgehead atoms. The molecule has 4 N–H and O–H groups in total. The van der Waals surface area contributed by atoms with E-state index < -0.39 is 24.0 Å². The van der Waals surface area contributed by atoms with E-state index in [9.17, 15) is 14.7 Å². The van der Waals surface area contributed by atoms with Gasteiger partial charge in [0.15, 0.2) is 0 Å². The van der Waals surface area contributed by atoms with Crippen molar-refractivity contribution in [2.75, 3.05) is 6.54 Å². The summed E-state index contributed by atoms with van der Waals surface area (Å²) < 4.78 is 0.915. The van der Waals surface area contributed by atoms with Gasteiger partial charge in [0.2, 0.25) is 0 Å². The van der Waals surface area contributed by atoms with Gasteiger partial charge in [-0.15, -0.1) is 0 Å². The van der Waals surface area contributed by atoms with Crippen LogP contribution in [0, 0.1) is 0 Å². The molecule has 1 aromatic carbocycles. The van der Waals surface area contributed by atoms with Crippen molar-refractivity contribution < 1.29 is 19.8 Å². The highest BCUT2D eigenvalue weighted by Gasteiger charge is 2.25. The van der Waals surface area contributed by atoms with E-state index >= 15 is 0 Å². The number of urea groups is 1. The smallest absolute Gasteiger partial charge is 0.315 e. The molecule has 1 rings (SSSR count). The molecular weight excluding hydrogens is 340 g/mol. The molecule has 0 heterocycles. The van der Waals surface area contributed by atoms with Gasteiger partial charge >= 0.3 is 12.0 Å². The number of carboxylic acid groups (broad SMARTS) is 1. The van der Waals surface area contributed by atoms with Crippen molar-refractivity contribution >= 4 is 27.9 Å². The molecule has 0 spiro atoms. The summed E-state index contributed by atoms with van der Waals surface area (Å²) in [5, 5.41) is 23.6. The number of carbonyl (C=O) groups excluding carboxylic acids is 1. The van der Waals surface area contributed by atoms with Gasteiger partial charge in [0.1, 0.15) is 0 Å². The third-order valence-electron chi connectivity index (χ3n) is 2.86. The summed E-state index contributed by atoms with van der Waals surface area (Å²) in [6, 6.07) is 6.86. The number of amides is 2. The summed E-state index contributed by atoms with van der Waals surface area (Å²) in [4.78, 5) is 22.3. The third kappa shape index (κ3) is 6.59. The van der Waals surface area contributed by atoms with E-state index in [0.29, 0.717) is 0 Å². The van der Waals surface area contributed by atoms with E-state index in [1.807, 2.05) is 31.2 Å². The summed E-state index contributed by atoms with van der Waals surface area (Å²) in [6.45, 7) is 3.05. The maximum atomic E-state index is 11.8. The highest BCUT2D eigenvalue weighted by molar-refractivity contribution is 9.10. The Morgan fingerprint density at radius 1 is 1.43 bits per heavy atom. The number of carbonyl (C=O) groups is 2. The van der Waals surface area contributed by atoms with Gasteiger partial charge in [-0.25, -0.2) is 4.79 Å². The van der Waals surface area contributed by atoms with Crippen molar-refractivity contribution in [1.29, 1.82) is 0 Å². The van der Waals surface area contributed by atoms with Crippen LogP contribution in [0.4, 0.5) is 4.79 Å². The highest BCUT2D eigenvalue weighted by Crippen LogP contribution is 2.17. The fourth-order valence-corrected chi connectivity index (χ4v) is 2.18.